The van der Waals surface area contributed by atoms with Crippen LogP contribution in [0.3, 0.4) is 0 Å². The Kier molecular flexibility index (Phi) is 5.04. The van der Waals surface area contributed by atoms with Crippen molar-refractivity contribution in [3.05, 3.63) is 35.4 Å². The van der Waals surface area contributed by atoms with Crippen LogP contribution < -0.4 is 5.32 Å². The van der Waals surface area contributed by atoms with E-state index in [1.165, 1.54) is 56.1 Å². The molecule has 0 spiro atoms. The molecule has 1 nitrogen and oxygen atoms in total. The van der Waals surface area contributed by atoms with Crippen molar-refractivity contribution in [2.75, 3.05) is 7.05 Å². The van der Waals surface area contributed by atoms with Crippen molar-refractivity contribution in [3.63, 3.8) is 0 Å². The highest BCUT2D eigenvalue weighted by atomic mass is 14.9. The fourth-order valence-corrected chi connectivity index (χ4v) is 3.73. The normalized spacial score (nSPS) is 20.2. The van der Waals surface area contributed by atoms with Gasteiger partial charge in [-0.1, -0.05) is 63.8 Å². The summed E-state index contributed by atoms with van der Waals surface area (Å²) >= 11 is 0. The first-order valence-corrected chi connectivity index (χ1v) is 7.96. The van der Waals surface area contributed by atoms with Gasteiger partial charge in [0.15, 0.2) is 0 Å². The summed E-state index contributed by atoms with van der Waals surface area (Å²) in [6.45, 7) is 4.71. The van der Waals surface area contributed by atoms with E-state index in [1.54, 1.807) is 0 Å². The lowest BCUT2D eigenvalue weighted by molar-refractivity contribution is 0.150. The zero-order chi connectivity index (χ0) is 13.7. The summed E-state index contributed by atoms with van der Waals surface area (Å²) in [6.07, 6.45) is 9.34. The van der Waals surface area contributed by atoms with E-state index in [-0.39, 0.29) is 0 Å². The standard InChI is InChI=1S/C18H29N/c1-4-8-15-9-11-16(12-10-15)17(19-3)18(2)13-6-5-7-14-18/h9-12,17,19H,4-8,13-14H2,1-3H3. The summed E-state index contributed by atoms with van der Waals surface area (Å²) in [5.41, 5.74) is 3.36. The molecule has 0 radical (unpaired) electrons. The van der Waals surface area contributed by atoms with E-state index in [2.05, 4.69) is 50.5 Å². The van der Waals surface area contributed by atoms with E-state index < -0.39 is 0 Å². The first kappa shape index (κ1) is 14.6. The number of nitrogens with one attached hydrogen (secondary N) is 1. The van der Waals surface area contributed by atoms with Gasteiger partial charge in [-0.05, 0) is 42.9 Å². The molecule has 1 atom stereocenters. The van der Waals surface area contributed by atoms with Gasteiger partial charge in [0.05, 0.1) is 0 Å². The summed E-state index contributed by atoms with van der Waals surface area (Å²) in [6, 6.07) is 9.81. The minimum absolute atomic E-state index is 0.430. The van der Waals surface area contributed by atoms with Crippen molar-refractivity contribution in [1.29, 1.82) is 0 Å². The lowest BCUT2D eigenvalue weighted by Crippen LogP contribution is -2.36. The molecule has 106 valence electrons. The lowest BCUT2D eigenvalue weighted by atomic mass is 9.68. The van der Waals surface area contributed by atoms with Gasteiger partial charge in [-0.3, -0.25) is 0 Å². The van der Waals surface area contributed by atoms with Crippen LogP contribution in [0.25, 0.3) is 0 Å². The van der Waals surface area contributed by atoms with E-state index in [0.29, 0.717) is 11.5 Å². The summed E-state index contributed by atoms with van der Waals surface area (Å²) in [5.74, 6) is 0. The summed E-state index contributed by atoms with van der Waals surface area (Å²) in [5, 5.41) is 3.58. The molecule has 1 unspecified atom stereocenters. The molecular formula is C18H29N. The second-order valence-corrected chi connectivity index (χ2v) is 6.43. The molecule has 0 amide bonds. The van der Waals surface area contributed by atoms with Gasteiger partial charge in [0.1, 0.15) is 0 Å². The zero-order valence-corrected chi connectivity index (χ0v) is 12.8. The fraction of sp³-hybridized carbons (Fsp3) is 0.667. The number of hydrogen-bond acceptors (Lipinski definition) is 1. The predicted molar refractivity (Wildman–Crippen MR) is 83.4 cm³/mol. The van der Waals surface area contributed by atoms with Crippen LogP contribution in [-0.4, -0.2) is 7.05 Å². The van der Waals surface area contributed by atoms with Gasteiger partial charge in [0.25, 0.3) is 0 Å². The highest BCUT2D eigenvalue weighted by Crippen LogP contribution is 2.45. The quantitative estimate of drug-likeness (QED) is 0.795. The Hall–Kier alpha value is -0.820. The molecule has 1 aliphatic rings. The van der Waals surface area contributed by atoms with Crippen molar-refractivity contribution in [1.82, 2.24) is 5.32 Å². The first-order chi connectivity index (χ1) is 9.19. The van der Waals surface area contributed by atoms with Crippen LogP contribution in [0.15, 0.2) is 24.3 Å². The molecule has 0 saturated heterocycles. The molecule has 1 aromatic carbocycles. The lowest BCUT2D eigenvalue weighted by Gasteiger charge is -2.41. The molecule has 0 heterocycles. The molecule has 0 aliphatic heterocycles. The Balaban J connectivity index is 2.16. The maximum atomic E-state index is 3.58. The minimum Gasteiger partial charge on any atom is -0.313 e. The molecule has 1 aliphatic carbocycles. The molecule has 19 heavy (non-hydrogen) atoms. The molecule has 2 rings (SSSR count). The van der Waals surface area contributed by atoms with Crippen molar-refractivity contribution in [2.45, 2.75) is 64.8 Å². The summed E-state index contributed by atoms with van der Waals surface area (Å²) in [4.78, 5) is 0. The second kappa shape index (κ2) is 6.56. The molecule has 0 bridgehead atoms. The molecule has 1 fully saturated rings. The van der Waals surface area contributed by atoms with Gasteiger partial charge in [0.2, 0.25) is 0 Å². The minimum atomic E-state index is 0.430. The monoisotopic (exact) mass is 259 g/mol. The van der Waals surface area contributed by atoms with Crippen LogP contribution in [0.4, 0.5) is 0 Å². The number of rotatable bonds is 5. The topological polar surface area (TPSA) is 12.0 Å². The van der Waals surface area contributed by atoms with E-state index >= 15 is 0 Å². The Morgan fingerprint density at radius 2 is 1.74 bits per heavy atom. The van der Waals surface area contributed by atoms with Crippen LogP contribution >= 0.6 is 0 Å². The average Bonchev–Trinajstić information content (AvgIpc) is 2.42. The smallest absolute Gasteiger partial charge is 0.0372 e. The van der Waals surface area contributed by atoms with Crippen molar-refractivity contribution in [3.8, 4) is 0 Å². The third kappa shape index (κ3) is 3.39. The van der Waals surface area contributed by atoms with Crippen molar-refractivity contribution < 1.29 is 0 Å². The molecule has 1 N–H and O–H groups in total. The van der Waals surface area contributed by atoms with Gasteiger partial charge in [0, 0.05) is 6.04 Å². The highest BCUT2D eigenvalue weighted by molar-refractivity contribution is 5.26. The number of benzene rings is 1. The maximum Gasteiger partial charge on any atom is 0.0372 e. The number of aryl methyl sites for hydroxylation is 1. The van der Waals surface area contributed by atoms with E-state index in [0.717, 1.165) is 0 Å². The van der Waals surface area contributed by atoms with Crippen LogP contribution in [0.2, 0.25) is 0 Å². The van der Waals surface area contributed by atoms with E-state index in [9.17, 15) is 0 Å². The Bertz CT molecular complexity index is 373. The summed E-state index contributed by atoms with van der Waals surface area (Å²) < 4.78 is 0. The average molecular weight is 259 g/mol. The van der Waals surface area contributed by atoms with Crippen molar-refractivity contribution >= 4 is 0 Å². The second-order valence-electron chi connectivity index (χ2n) is 6.43. The highest BCUT2D eigenvalue weighted by Gasteiger charge is 2.35. The molecule has 0 aromatic heterocycles. The third-order valence-electron chi connectivity index (χ3n) is 4.83. The van der Waals surface area contributed by atoms with Crippen LogP contribution in [0.5, 0.6) is 0 Å². The third-order valence-corrected chi connectivity index (χ3v) is 4.83. The van der Waals surface area contributed by atoms with Crippen molar-refractivity contribution in [2.24, 2.45) is 5.41 Å². The Morgan fingerprint density at radius 3 is 2.26 bits per heavy atom. The number of hydrogen-bond donors (Lipinski definition) is 1. The Labute approximate surface area is 118 Å². The summed E-state index contributed by atoms with van der Waals surface area (Å²) in [7, 11) is 2.12. The first-order valence-electron chi connectivity index (χ1n) is 7.96. The SMILES string of the molecule is CCCc1ccc(C(NC)C2(C)CCCCC2)cc1. The van der Waals surface area contributed by atoms with Gasteiger partial charge in [-0.2, -0.15) is 0 Å². The molecule has 1 heteroatoms. The predicted octanol–water partition coefficient (Wildman–Crippen LogP) is 4.87. The fourth-order valence-electron chi connectivity index (χ4n) is 3.73. The van der Waals surface area contributed by atoms with Gasteiger partial charge >= 0.3 is 0 Å². The van der Waals surface area contributed by atoms with Crippen LogP contribution in [0, 0.1) is 5.41 Å². The van der Waals surface area contributed by atoms with E-state index in [4.69, 9.17) is 0 Å². The van der Waals surface area contributed by atoms with Gasteiger partial charge in [-0.25, -0.2) is 0 Å². The van der Waals surface area contributed by atoms with Gasteiger partial charge in [-0.15, -0.1) is 0 Å². The molecule has 1 saturated carbocycles. The van der Waals surface area contributed by atoms with E-state index in [1.807, 2.05) is 0 Å². The van der Waals surface area contributed by atoms with Crippen LogP contribution in [-0.2, 0) is 6.42 Å². The molecular weight excluding hydrogens is 230 g/mol. The maximum absolute atomic E-state index is 3.58. The largest absolute Gasteiger partial charge is 0.313 e. The van der Waals surface area contributed by atoms with Gasteiger partial charge < -0.3 is 5.32 Å². The van der Waals surface area contributed by atoms with Crippen LogP contribution in [0.1, 0.15) is 69.5 Å². The molecule has 1 aromatic rings. The Morgan fingerprint density at radius 1 is 1.11 bits per heavy atom. The zero-order valence-electron chi connectivity index (χ0n) is 12.8.